The minimum Gasteiger partial charge on any atom is -0.388 e. The highest BCUT2D eigenvalue weighted by Gasteiger charge is 2.31. The van der Waals surface area contributed by atoms with Crippen LogP contribution in [0.4, 0.5) is 14.9 Å². The van der Waals surface area contributed by atoms with Gasteiger partial charge in [-0.1, -0.05) is 24.4 Å². The maximum Gasteiger partial charge on any atom is 0.319 e. The molecule has 104 valence electrons. The Hall–Kier alpha value is -1.33. The minimum absolute atomic E-state index is 0.0489. The number of nitrogens with one attached hydrogen (secondary N) is 2. The van der Waals surface area contributed by atoms with E-state index in [0.717, 1.165) is 12.8 Å². The fourth-order valence-electron chi connectivity index (χ4n) is 2.20. The number of carbonyl (C=O) groups is 1. The van der Waals surface area contributed by atoms with Gasteiger partial charge in [-0.05, 0) is 31.0 Å². The Morgan fingerprint density at radius 2 is 2.11 bits per heavy atom. The summed E-state index contributed by atoms with van der Waals surface area (Å²) in [5.74, 6) is -0.534. The third-order valence-corrected chi connectivity index (χ3v) is 3.58. The van der Waals surface area contributed by atoms with E-state index in [1.807, 2.05) is 0 Å². The zero-order valence-corrected chi connectivity index (χ0v) is 11.1. The van der Waals surface area contributed by atoms with E-state index in [-0.39, 0.29) is 11.6 Å². The Morgan fingerprint density at radius 1 is 1.42 bits per heavy atom. The smallest absolute Gasteiger partial charge is 0.319 e. The van der Waals surface area contributed by atoms with E-state index < -0.39 is 17.4 Å². The Kier molecular flexibility index (Phi) is 4.27. The summed E-state index contributed by atoms with van der Waals surface area (Å²) in [5, 5.41) is 15.2. The van der Waals surface area contributed by atoms with Crippen molar-refractivity contribution in [3.05, 3.63) is 29.0 Å². The number of aliphatic hydroxyl groups is 1. The summed E-state index contributed by atoms with van der Waals surface area (Å²) in [7, 11) is 0. The Bertz CT molecular complexity index is 476. The molecule has 1 saturated carbocycles. The van der Waals surface area contributed by atoms with Crippen molar-refractivity contribution in [2.75, 3.05) is 11.9 Å². The molecule has 3 N–H and O–H groups in total. The molecular formula is C13H16ClFN2O2. The molecule has 0 atom stereocenters. The van der Waals surface area contributed by atoms with Crippen molar-refractivity contribution in [1.29, 1.82) is 0 Å². The van der Waals surface area contributed by atoms with Crippen LogP contribution in [0.5, 0.6) is 0 Å². The first-order chi connectivity index (χ1) is 8.98. The fourth-order valence-corrected chi connectivity index (χ4v) is 2.38. The van der Waals surface area contributed by atoms with Crippen LogP contribution in [0.25, 0.3) is 0 Å². The molecule has 0 bridgehead atoms. The number of benzene rings is 1. The summed E-state index contributed by atoms with van der Waals surface area (Å²) >= 11 is 5.61. The largest absolute Gasteiger partial charge is 0.388 e. The number of hydrogen-bond donors (Lipinski definition) is 3. The number of hydrogen-bond acceptors (Lipinski definition) is 2. The van der Waals surface area contributed by atoms with Crippen LogP contribution in [-0.4, -0.2) is 23.3 Å². The number of carbonyl (C=O) groups excluding carboxylic acids is 1. The molecule has 2 rings (SSSR count). The van der Waals surface area contributed by atoms with Crippen LogP contribution >= 0.6 is 11.6 Å². The number of halogens is 2. The molecule has 1 aromatic rings. The summed E-state index contributed by atoms with van der Waals surface area (Å²) in [6.45, 7) is 0.216. The molecule has 0 unspecified atom stereocenters. The standard InChI is InChI=1S/C13H16ClFN2O2/c14-10-7-9(3-4-11(10)15)17-12(18)16-8-13(19)5-1-2-6-13/h3-4,7,19H,1-2,5-6,8H2,(H2,16,17,18). The molecule has 0 radical (unpaired) electrons. The van der Waals surface area contributed by atoms with Crippen molar-refractivity contribution in [1.82, 2.24) is 5.32 Å². The highest BCUT2D eigenvalue weighted by atomic mass is 35.5. The summed E-state index contributed by atoms with van der Waals surface area (Å²) in [5.41, 5.74) is -0.389. The van der Waals surface area contributed by atoms with Crippen LogP contribution in [-0.2, 0) is 0 Å². The topological polar surface area (TPSA) is 61.4 Å². The van der Waals surface area contributed by atoms with Gasteiger partial charge in [-0.2, -0.15) is 0 Å². The van der Waals surface area contributed by atoms with Gasteiger partial charge in [-0.15, -0.1) is 0 Å². The van der Waals surface area contributed by atoms with Gasteiger partial charge < -0.3 is 15.7 Å². The molecule has 1 aromatic carbocycles. The predicted molar refractivity (Wildman–Crippen MR) is 71.8 cm³/mol. The van der Waals surface area contributed by atoms with Crippen LogP contribution < -0.4 is 10.6 Å². The molecule has 1 aliphatic rings. The van der Waals surface area contributed by atoms with Gasteiger partial charge in [0.25, 0.3) is 0 Å². The summed E-state index contributed by atoms with van der Waals surface area (Å²) < 4.78 is 12.9. The number of anilines is 1. The van der Waals surface area contributed by atoms with Crippen LogP contribution in [0.1, 0.15) is 25.7 Å². The van der Waals surface area contributed by atoms with Gasteiger partial charge in [0.15, 0.2) is 0 Å². The first-order valence-electron chi connectivity index (χ1n) is 6.21. The second-order valence-electron chi connectivity index (χ2n) is 4.87. The average Bonchev–Trinajstić information content (AvgIpc) is 2.79. The zero-order chi connectivity index (χ0) is 13.9. The molecule has 19 heavy (non-hydrogen) atoms. The Morgan fingerprint density at radius 3 is 2.74 bits per heavy atom. The van der Waals surface area contributed by atoms with E-state index in [1.54, 1.807) is 0 Å². The molecule has 1 aliphatic carbocycles. The van der Waals surface area contributed by atoms with E-state index in [1.165, 1.54) is 18.2 Å². The Balaban J connectivity index is 1.85. The van der Waals surface area contributed by atoms with Crippen LogP contribution in [0.15, 0.2) is 18.2 Å². The molecule has 0 spiro atoms. The normalized spacial score (nSPS) is 17.2. The molecule has 0 aromatic heterocycles. The van der Waals surface area contributed by atoms with Crippen molar-refractivity contribution < 1.29 is 14.3 Å². The lowest BCUT2D eigenvalue weighted by molar-refractivity contribution is 0.0506. The fraction of sp³-hybridized carbons (Fsp3) is 0.462. The quantitative estimate of drug-likeness (QED) is 0.800. The van der Waals surface area contributed by atoms with Gasteiger partial charge >= 0.3 is 6.03 Å². The monoisotopic (exact) mass is 286 g/mol. The van der Waals surface area contributed by atoms with Gasteiger partial charge in [-0.25, -0.2) is 9.18 Å². The van der Waals surface area contributed by atoms with Crippen molar-refractivity contribution in [3.8, 4) is 0 Å². The molecule has 0 aliphatic heterocycles. The van der Waals surface area contributed by atoms with Crippen molar-refractivity contribution >= 4 is 23.3 Å². The van der Waals surface area contributed by atoms with Crippen LogP contribution in [0.2, 0.25) is 5.02 Å². The third-order valence-electron chi connectivity index (χ3n) is 3.29. The van der Waals surface area contributed by atoms with Gasteiger partial charge in [0.1, 0.15) is 5.82 Å². The van der Waals surface area contributed by atoms with Gasteiger partial charge in [0.2, 0.25) is 0 Å². The van der Waals surface area contributed by atoms with Crippen molar-refractivity contribution in [2.24, 2.45) is 0 Å². The zero-order valence-electron chi connectivity index (χ0n) is 10.4. The van der Waals surface area contributed by atoms with E-state index in [9.17, 15) is 14.3 Å². The van der Waals surface area contributed by atoms with E-state index in [0.29, 0.717) is 18.5 Å². The lowest BCUT2D eigenvalue weighted by Gasteiger charge is -2.22. The summed E-state index contributed by atoms with van der Waals surface area (Å²) in [6, 6.07) is 3.50. The average molecular weight is 287 g/mol. The highest BCUT2D eigenvalue weighted by Crippen LogP contribution is 2.28. The number of urea groups is 1. The van der Waals surface area contributed by atoms with Crippen LogP contribution in [0.3, 0.4) is 0 Å². The predicted octanol–water partition coefficient (Wildman–Crippen LogP) is 2.91. The summed E-state index contributed by atoms with van der Waals surface area (Å²) in [4.78, 5) is 11.6. The molecule has 0 heterocycles. The second kappa shape index (κ2) is 5.75. The first kappa shape index (κ1) is 14.1. The first-order valence-corrected chi connectivity index (χ1v) is 6.59. The number of rotatable bonds is 3. The molecule has 4 nitrogen and oxygen atoms in total. The third kappa shape index (κ3) is 3.81. The van der Waals surface area contributed by atoms with Crippen LogP contribution in [0, 0.1) is 5.82 Å². The molecule has 0 saturated heterocycles. The maximum absolute atomic E-state index is 12.9. The molecule has 2 amide bonds. The Labute approximate surface area is 116 Å². The van der Waals surface area contributed by atoms with Gasteiger partial charge in [-0.3, -0.25) is 0 Å². The SMILES string of the molecule is O=C(NCC1(O)CCCC1)Nc1ccc(F)c(Cl)c1. The lowest BCUT2D eigenvalue weighted by Crippen LogP contribution is -2.42. The maximum atomic E-state index is 12.9. The van der Waals surface area contributed by atoms with E-state index in [4.69, 9.17) is 11.6 Å². The minimum atomic E-state index is -0.794. The van der Waals surface area contributed by atoms with E-state index >= 15 is 0 Å². The van der Waals surface area contributed by atoms with Crippen molar-refractivity contribution in [3.63, 3.8) is 0 Å². The van der Waals surface area contributed by atoms with Gasteiger partial charge in [0.05, 0.1) is 10.6 Å². The second-order valence-corrected chi connectivity index (χ2v) is 5.28. The summed E-state index contributed by atoms with van der Waals surface area (Å²) in [6.07, 6.45) is 3.37. The molecule has 1 fully saturated rings. The van der Waals surface area contributed by atoms with Crippen molar-refractivity contribution in [2.45, 2.75) is 31.3 Å². The molecule has 6 heteroatoms. The van der Waals surface area contributed by atoms with Gasteiger partial charge in [0, 0.05) is 12.2 Å². The highest BCUT2D eigenvalue weighted by molar-refractivity contribution is 6.31. The number of amides is 2. The van der Waals surface area contributed by atoms with E-state index in [2.05, 4.69) is 10.6 Å². The molecular weight excluding hydrogens is 271 g/mol. The lowest BCUT2D eigenvalue weighted by atomic mass is 10.0.